The number of ether oxygens (including phenoxy) is 2. The maximum absolute atomic E-state index is 13.8. The molecule has 0 amide bonds. The fraction of sp³-hybridized carbons (Fsp3) is 1.00. The summed E-state index contributed by atoms with van der Waals surface area (Å²) in [7, 11) is 3.04. The zero-order valence-electron chi connectivity index (χ0n) is 10.1. The van der Waals surface area contributed by atoms with Gasteiger partial charge in [-0.2, -0.15) is 8.78 Å². The third-order valence-corrected chi connectivity index (χ3v) is 2.85. The number of rotatable bonds is 6. The molecular weight excluding hydrogens is 218 g/mol. The minimum Gasteiger partial charge on any atom is -0.383 e. The zero-order chi connectivity index (χ0) is 12.2. The molecule has 4 nitrogen and oxygen atoms in total. The Kier molecular flexibility index (Phi) is 5.04. The van der Waals surface area contributed by atoms with Gasteiger partial charge in [-0.25, -0.2) is 9.80 Å². The minimum atomic E-state index is -2.88. The van der Waals surface area contributed by atoms with E-state index in [4.69, 9.17) is 9.47 Å². The number of halogens is 2. The molecule has 0 saturated carbocycles. The van der Waals surface area contributed by atoms with Crippen molar-refractivity contribution in [1.29, 1.82) is 0 Å². The summed E-state index contributed by atoms with van der Waals surface area (Å²) in [6, 6.07) is 0. The highest BCUT2D eigenvalue weighted by molar-refractivity contribution is 4.82. The van der Waals surface area contributed by atoms with Crippen LogP contribution in [0.5, 0.6) is 0 Å². The van der Waals surface area contributed by atoms with E-state index in [1.54, 1.807) is 6.92 Å². The number of nitrogens with zero attached hydrogens (tertiary/aromatic N) is 2. The Morgan fingerprint density at radius 3 is 2.44 bits per heavy atom. The van der Waals surface area contributed by atoms with Crippen LogP contribution in [-0.4, -0.2) is 69.1 Å². The molecule has 0 N–H and O–H groups in total. The van der Waals surface area contributed by atoms with Crippen LogP contribution in [0.3, 0.4) is 0 Å². The molecule has 0 aliphatic carbocycles. The van der Waals surface area contributed by atoms with Crippen LogP contribution in [0.15, 0.2) is 0 Å². The van der Waals surface area contributed by atoms with Gasteiger partial charge in [0, 0.05) is 40.4 Å². The van der Waals surface area contributed by atoms with E-state index < -0.39 is 6.17 Å². The topological polar surface area (TPSA) is 24.9 Å². The second-order valence-corrected chi connectivity index (χ2v) is 3.98. The highest BCUT2D eigenvalue weighted by Crippen LogP contribution is 2.29. The van der Waals surface area contributed by atoms with E-state index in [-0.39, 0.29) is 19.2 Å². The van der Waals surface area contributed by atoms with Gasteiger partial charge in [-0.05, 0) is 6.92 Å². The van der Waals surface area contributed by atoms with Crippen molar-refractivity contribution in [3.05, 3.63) is 0 Å². The van der Waals surface area contributed by atoms with Crippen LogP contribution in [-0.2, 0) is 9.47 Å². The van der Waals surface area contributed by atoms with Crippen LogP contribution in [0.1, 0.15) is 6.92 Å². The fourth-order valence-electron chi connectivity index (χ4n) is 1.74. The summed E-state index contributed by atoms with van der Waals surface area (Å²) in [6.45, 7) is 3.34. The Labute approximate surface area is 95.1 Å². The molecular formula is C10H20F2N2O2. The predicted molar refractivity (Wildman–Crippen MR) is 56.4 cm³/mol. The Morgan fingerprint density at radius 2 is 1.88 bits per heavy atom. The lowest BCUT2D eigenvalue weighted by Crippen LogP contribution is -2.49. The third kappa shape index (κ3) is 3.10. The van der Waals surface area contributed by atoms with Gasteiger partial charge in [-0.1, -0.05) is 0 Å². The Bertz CT molecular complexity index is 217. The van der Waals surface area contributed by atoms with Crippen LogP contribution in [0, 0.1) is 0 Å². The van der Waals surface area contributed by atoms with E-state index in [0.29, 0.717) is 19.7 Å². The first-order valence-corrected chi connectivity index (χ1v) is 5.42. The summed E-state index contributed by atoms with van der Waals surface area (Å²) in [6.07, 6.45) is -3.07. The number of alkyl halides is 2. The summed E-state index contributed by atoms with van der Waals surface area (Å²) in [5.41, 5.74) is 0. The van der Waals surface area contributed by atoms with Gasteiger partial charge in [0.05, 0.1) is 12.7 Å². The quantitative estimate of drug-likeness (QED) is 0.640. The number of hydrogen-bond acceptors (Lipinski definition) is 4. The fourth-order valence-corrected chi connectivity index (χ4v) is 1.74. The summed E-state index contributed by atoms with van der Waals surface area (Å²) in [5, 5.41) is 0. The number of hydrogen-bond donors (Lipinski definition) is 0. The first-order valence-electron chi connectivity index (χ1n) is 5.42. The first kappa shape index (κ1) is 13.8. The van der Waals surface area contributed by atoms with Gasteiger partial charge in [0.25, 0.3) is 0 Å². The summed E-state index contributed by atoms with van der Waals surface area (Å²) in [5.74, 6) is 0. The molecule has 1 aliphatic rings. The first-order chi connectivity index (χ1) is 7.52. The average Bonchev–Trinajstić information content (AvgIpc) is 2.52. The standard InChI is InChI=1S/C10H20F2N2O2/c1-9(16-3)8-14-5-4-13(6-7-15-2)10(14,11)12/h9H,4-8H2,1-3H3. The molecule has 0 aromatic heterocycles. The van der Waals surface area contributed by atoms with E-state index in [0.717, 1.165) is 9.80 Å². The molecule has 0 spiro atoms. The molecule has 1 saturated heterocycles. The van der Waals surface area contributed by atoms with Gasteiger partial charge in [0.15, 0.2) is 0 Å². The van der Waals surface area contributed by atoms with Gasteiger partial charge >= 0.3 is 6.17 Å². The second kappa shape index (κ2) is 5.86. The molecule has 96 valence electrons. The zero-order valence-corrected chi connectivity index (χ0v) is 10.1. The minimum absolute atomic E-state index is 0.187. The van der Waals surface area contributed by atoms with Crippen LogP contribution in [0.25, 0.3) is 0 Å². The molecule has 1 rings (SSSR count). The lowest BCUT2D eigenvalue weighted by atomic mass is 10.4. The predicted octanol–water partition coefficient (Wildman–Crippen LogP) is 0.836. The van der Waals surface area contributed by atoms with Gasteiger partial charge < -0.3 is 9.47 Å². The lowest BCUT2D eigenvalue weighted by molar-refractivity contribution is -0.217. The van der Waals surface area contributed by atoms with Crippen molar-refractivity contribution < 1.29 is 18.3 Å². The molecule has 0 aromatic rings. The van der Waals surface area contributed by atoms with Crippen molar-refractivity contribution >= 4 is 0 Å². The Hall–Kier alpha value is -0.300. The Morgan fingerprint density at radius 1 is 1.25 bits per heavy atom. The van der Waals surface area contributed by atoms with Crippen molar-refractivity contribution in [2.45, 2.75) is 19.2 Å². The van der Waals surface area contributed by atoms with Gasteiger partial charge in [-0.15, -0.1) is 0 Å². The van der Waals surface area contributed by atoms with Crippen molar-refractivity contribution in [3.8, 4) is 0 Å². The van der Waals surface area contributed by atoms with Crippen LogP contribution >= 0.6 is 0 Å². The second-order valence-electron chi connectivity index (χ2n) is 3.98. The maximum atomic E-state index is 13.8. The smallest absolute Gasteiger partial charge is 0.369 e. The van der Waals surface area contributed by atoms with Crippen molar-refractivity contribution in [2.24, 2.45) is 0 Å². The molecule has 6 heteroatoms. The maximum Gasteiger partial charge on any atom is 0.369 e. The van der Waals surface area contributed by atoms with Crippen LogP contribution in [0.2, 0.25) is 0 Å². The van der Waals surface area contributed by atoms with E-state index >= 15 is 0 Å². The van der Waals surface area contributed by atoms with E-state index in [1.165, 1.54) is 14.2 Å². The average molecular weight is 238 g/mol. The Balaban J connectivity index is 2.50. The van der Waals surface area contributed by atoms with Crippen LogP contribution < -0.4 is 0 Å². The number of methoxy groups -OCH3 is 2. The van der Waals surface area contributed by atoms with Crippen LogP contribution in [0.4, 0.5) is 8.78 Å². The van der Waals surface area contributed by atoms with Gasteiger partial charge in [0.2, 0.25) is 0 Å². The summed E-state index contributed by atoms with van der Waals surface area (Å²) >= 11 is 0. The largest absolute Gasteiger partial charge is 0.383 e. The molecule has 1 heterocycles. The van der Waals surface area contributed by atoms with E-state index in [1.807, 2.05) is 0 Å². The lowest BCUT2D eigenvalue weighted by Gasteiger charge is -2.30. The van der Waals surface area contributed by atoms with Crippen molar-refractivity contribution in [1.82, 2.24) is 9.80 Å². The monoisotopic (exact) mass is 238 g/mol. The highest BCUT2D eigenvalue weighted by Gasteiger charge is 2.48. The molecule has 0 bridgehead atoms. The van der Waals surface area contributed by atoms with Gasteiger partial charge in [0.1, 0.15) is 0 Å². The van der Waals surface area contributed by atoms with Gasteiger partial charge in [-0.3, -0.25) is 0 Å². The van der Waals surface area contributed by atoms with Crippen molar-refractivity contribution in [3.63, 3.8) is 0 Å². The summed E-state index contributed by atoms with van der Waals surface area (Å²) < 4.78 is 37.5. The molecule has 1 unspecified atom stereocenters. The third-order valence-electron chi connectivity index (χ3n) is 2.85. The highest BCUT2D eigenvalue weighted by atomic mass is 19.3. The molecule has 1 atom stereocenters. The SMILES string of the molecule is COCCN1CCN(CC(C)OC)C1(F)F. The van der Waals surface area contributed by atoms with E-state index in [9.17, 15) is 8.78 Å². The molecule has 16 heavy (non-hydrogen) atoms. The summed E-state index contributed by atoms with van der Waals surface area (Å²) in [4.78, 5) is 2.29. The molecule has 0 radical (unpaired) electrons. The molecule has 1 aliphatic heterocycles. The van der Waals surface area contributed by atoms with E-state index in [2.05, 4.69) is 0 Å². The molecule has 1 fully saturated rings. The normalized spacial score (nSPS) is 23.8. The molecule has 0 aromatic carbocycles. The van der Waals surface area contributed by atoms with Crippen molar-refractivity contribution in [2.75, 3.05) is 47.0 Å².